The molecule has 0 saturated heterocycles. The molecule has 0 bridgehead atoms. The van der Waals surface area contributed by atoms with Crippen molar-refractivity contribution in [3.8, 4) is 5.75 Å². The Kier molecular flexibility index (Phi) is 4.14. The van der Waals surface area contributed by atoms with Crippen molar-refractivity contribution < 1.29 is 9.90 Å². The van der Waals surface area contributed by atoms with E-state index in [0.29, 0.717) is 0 Å². The smallest absolute Gasteiger partial charge is 0.223 e. The lowest BCUT2D eigenvalue weighted by atomic mass is 9.84. The van der Waals surface area contributed by atoms with Crippen LogP contribution < -0.4 is 5.32 Å². The van der Waals surface area contributed by atoms with Crippen molar-refractivity contribution >= 4 is 16.7 Å². The molecule has 1 aliphatic rings. The zero-order valence-electron chi connectivity index (χ0n) is 14.0. The predicted molar refractivity (Wildman–Crippen MR) is 99.4 cm³/mol. The van der Waals surface area contributed by atoms with Gasteiger partial charge >= 0.3 is 0 Å². The SMILES string of the molecule is O=C(N[C@@H](c1ccccc1)c1c(O)ccc2ccccc12)C1CCC1. The van der Waals surface area contributed by atoms with Crippen LogP contribution in [0, 0.1) is 5.92 Å². The Morgan fingerprint density at radius 2 is 1.68 bits per heavy atom. The number of carbonyl (C=O) groups is 1. The molecule has 3 heteroatoms. The average Bonchev–Trinajstić information content (AvgIpc) is 2.59. The fraction of sp³-hybridized carbons (Fsp3) is 0.227. The minimum absolute atomic E-state index is 0.0763. The van der Waals surface area contributed by atoms with Crippen molar-refractivity contribution in [2.24, 2.45) is 5.92 Å². The molecule has 1 fully saturated rings. The summed E-state index contributed by atoms with van der Waals surface area (Å²) in [5, 5.41) is 15.8. The Labute approximate surface area is 147 Å². The van der Waals surface area contributed by atoms with Crippen LogP contribution in [0.5, 0.6) is 5.75 Å². The van der Waals surface area contributed by atoms with Crippen LogP contribution in [0.4, 0.5) is 0 Å². The molecular formula is C22H21NO2. The zero-order chi connectivity index (χ0) is 17.2. The molecule has 3 aromatic rings. The van der Waals surface area contributed by atoms with Gasteiger partial charge in [-0.2, -0.15) is 0 Å². The van der Waals surface area contributed by atoms with Gasteiger partial charge in [0.1, 0.15) is 5.75 Å². The van der Waals surface area contributed by atoms with Crippen LogP contribution in [-0.4, -0.2) is 11.0 Å². The van der Waals surface area contributed by atoms with Gasteiger partial charge in [0, 0.05) is 11.5 Å². The highest BCUT2D eigenvalue weighted by molar-refractivity contribution is 5.89. The summed E-state index contributed by atoms with van der Waals surface area (Å²) < 4.78 is 0. The van der Waals surface area contributed by atoms with Crippen LogP contribution in [0.2, 0.25) is 0 Å². The number of hydrogen-bond acceptors (Lipinski definition) is 2. The fourth-order valence-corrected chi connectivity index (χ4v) is 3.49. The first-order chi connectivity index (χ1) is 12.2. The maximum Gasteiger partial charge on any atom is 0.223 e. The van der Waals surface area contributed by atoms with Crippen molar-refractivity contribution in [3.63, 3.8) is 0 Å². The highest BCUT2D eigenvalue weighted by Gasteiger charge is 2.29. The molecule has 0 aromatic heterocycles. The molecule has 0 aliphatic heterocycles. The highest BCUT2D eigenvalue weighted by Crippen LogP contribution is 2.36. The number of fused-ring (bicyclic) bond motifs is 1. The van der Waals surface area contributed by atoms with Gasteiger partial charge in [-0.3, -0.25) is 4.79 Å². The molecule has 126 valence electrons. The van der Waals surface area contributed by atoms with Crippen LogP contribution in [0.25, 0.3) is 10.8 Å². The molecule has 1 amide bonds. The first-order valence-electron chi connectivity index (χ1n) is 8.80. The Morgan fingerprint density at radius 1 is 0.960 bits per heavy atom. The molecule has 1 atom stereocenters. The third-order valence-electron chi connectivity index (χ3n) is 5.13. The highest BCUT2D eigenvalue weighted by atomic mass is 16.3. The quantitative estimate of drug-likeness (QED) is 0.737. The van der Waals surface area contributed by atoms with Crippen molar-refractivity contribution in [2.45, 2.75) is 25.3 Å². The Bertz CT molecular complexity index is 900. The van der Waals surface area contributed by atoms with E-state index >= 15 is 0 Å². The molecule has 25 heavy (non-hydrogen) atoms. The van der Waals surface area contributed by atoms with Crippen molar-refractivity contribution in [3.05, 3.63) is 77.9 Å². The van der Waals surface area contributed by atoms with Crippen molar-refractivity contribution in [1.29, 1.82) is 0 Å². The number of rotatable bonds is 4. The summed E-state index contributed by atoms with van der Waals surface area (Å²) in [4.78, 5) is 12.6. The monoisotopic (exact) mass is 331 g/mol. The summed E-state index contributed by atoms with van der Waals surface area (Å²) in [5.74, 6) is 0.386. The van der Waals surface area contributed by atoms with Crippen molar-refractivity contribution in [2.75, 3.05) is 0 Å². The molecule has 1 aliphatic carbocycles. The summed E-state index contributed by atoms with van der Waals surface area (Å²) in [6.45, 7) is 0. The zero-order valence-corrected chi connectivity index (χ0v) is 14.0. The third kappa shape index (κ3) is 2.98. The first-order valence-corrected chi connectivity index (χ1v) is 8.80. The lowest BCUT2D eigenvalue weighted by molar-refractivity contribution is -0.127. The van der Waals surface area contributed by atoms with E-state index in [9.17, 15) is 9.90 Å². The summed E-state index contributed by atoms with van der Waals surface area (Å²) in [6.07, 6.45) is 3.03. The van der Waals surface area contributed by atoms with Crippen LogP contribution in [0.1, 0.15) is 36.4 Å². The van der Waals surface area contributed by atoms with Crippen molar-refractivity contribution in [1.82, 2.24) is 5.32 Å². The van der Waals surface area contributed by atoms with Gasteiger partial charge in [-0.15, -0.1) is 0 Å². The second-order valence-corrected chi connectivity index (χ2v) is 6.70. The Morgan fingerprint density at radius 3 is 2.40 bits per heavy atom. The van der Waals surface area contributed by atoms with Gasteiger partial charge in [-0.05, 0) is 35.2 Å². The summed E-state index contributed by atoms with van der Waals surface area (Å²) >= 11 is 0. The molecule has 2 N–H and O–H groups in total. The minimum Gasteiger partial charge on any atom is -0.508 e. The molecule has 3 aromatic carbocycles. The molecule has 0 unspecified atom stereocenters. The first kappa shape index (κ1) is 15.7. The van der Waals surface area contributed by atoms with Gasteiger partial charge in [-0.25, -0.2) is 0 Å². The molecule has 0 radical (unpaired) electrons. The number of aromatic hydroxyl groups is 1. The van der Waals surface area contributed by atoms with E-state index in [1.165, 1.54) is 0 Å². The van der Waals surface area contributed by atoms with Crippen LogP contribution in [-0.2, 0) is 4.79 Å². The van der Waals surface area contributed by atoms with Crippen LogP contribution in [0.3, 0.4) is 0 Å². The second-order valence-electron chi connectivity index (χ2n) is 6.70. The van der Waals surface area contributed by atoms with E-state index in [-0.39, 0.29) is 23.6 Å². The van der Waals surface area contributed by atoms with E-state index in [0.717, 1.165) is 41.2 Å². The standard InChI is InChI=1S/C22H21NO2/c24-19-14-13-15-7-4-5-12-18(15)20(19)21(16-8-2-1-3-9-16)23-22(25)17-10-6-11-17/h1-5,7-9,12-14,17,21,24H,6,10-11H2,(H,23,25)/t21-/m0/s1. The number of amides is 1. The number of carbonyl (C=O) groups excluding carboxylic acids is 1. The lowest BCUT2D eigenvalue weighted by Gasteiger charge is -2.28. The third-order valence-corrected chi connectivity index (χ3v) is 5.13. The summed E-state index contributed by atoms with van der Waals surface area (Å²) in [5.41, 5.74) is 1.74. The number of phenolic OH excluding ortho intramolecular Hbond substituents is 1. The Balaban J connectivity index is 1.83. The summed E-state index contributed by atoms with van der Waals surface area (Å²) in [7, 11) is 0. The number of hydrogen-bond donors (Lipinski definition) is 2. The van der Waals surface area contributed by atoms with Gasteiger partial charge in [0.2, 0.25) is 5.91 Å². The van der Waals surface area contributed by atoms with Gasteiger partial charge < -0.3 is 10.4 Å². The van der Waals surface area contributed by atoms with E-state index < -0.39 is 0 Å². The number of benzene rings is 3. The van der Waals surface area contributed by atoms with Gasteiger partial charge in [0.25, 0.3) is 0 Å². The Hall–Kier alpha value is -2.81. The van der Waals surface area contributed by atoms with E-state index in [1.54, 1.807) is 6.07 Å². The van der Waals surface area contributed by atoms with Crippen LogP contribution in [0.15, 0.2) is 66.7 Å². The normalized spacial score (nSPS) is 15.5. The van der Waals surface area contributed by atoms with Gasteiger partial charge in [-0.1, -0.05) is 67.1 Å². The number of phenols is 1. The lowest BCUT2D eigenvalue weighted by Crippen LogP contribution is -2.37. The molecule has 0 spiro atoms. The molecular weight excluding hydrogens is 310 g/mol. The van der Waals surface area contributed by atoms with E-state index in [4.69, 9.17) is 0 Å². The van der Waals surface area contributed by atoms with Gasteiger partial charge in [0.15, 0.2) is 0 Å². The summed E-state index contributed by atoms with van der Waals surface area (Å²) in [6, 6.07) is 21.1. The molecule has 1 saturated carbocycles. The second kappa shape index (κ2) is 6.60. The topological polar surface area (TPSA) is 49.3 Å². The maximum absolute atomic E-state index is 12.6. The molecule has 3 nitrogen and oxygen atoms in total. The largest absolute Gasteiger partial charge is 0.508 e. The fourth-order valence-electron chi connectivity index (χ4n) is 3.49. The number of nitrogens with one attached hydrogen (secondary N) is 1. The molecule has 0 heterocycles. The predicted octanol–water partition coefficient (Wildman–Crippen LogP) is 4.55. The average molecular weight is 331 g/mol. The van der Waals surface area contributed by atoms with Crippen LogP contribution >= 0.6 is 0 Å². The van der Waals surface area contributed by atoms with Gasteiger partial charge in [0.05, 0.1) is 6.04 Å². The van der Waals surface area contributed by atoms with E-state index in [1.807, 2.05) is 60.7 Å². The molecule has 4 rings (SSSR count). The van der Waals surface area contributed by atoms with E-state index in [2.05, 4.69) is 5.32 Å². The minimum atomic E-state index is -0.361. The maximum atomic E-state index is 12.6.